The molecule has 2 amide bonds. The summed E-state index contributed by atoms with van der Waals surface area (Å²) in [6.45, 7) is 0. The monoisotopic (exact) mass is 308 g/mol. The minimum Gasteiger partial charge on any atom is -0.496 e. The molecule has 0 saturated carbocycles. The van der Waals surface area contributed by atoms with Gasteiger partial charge in [0.2, 0.25) is 5.91 Å². The van der Waals surface area contributed by atoms with Crippen LogP contribution in [0.15, 0.2) is 41.0 Å². The molecule has 6 nitrogen and oxygen atoms in total. The number of carbonyl (C=O) groups excluding carboxylic acids is 2. The lowest BCUT2D eigenvalue weighted by atomic mass is 10.1. The van der Waals surface area contributed by atoms with Crippen molar-refractivity contribution in [2.45, 2.75) is 6.42 Å². The maximum Gasteiger partial charge on any atom is 0.305 e. The molecule has 0 saturated heterocycles. The molecule has 0 atom stereocenters. The fourth-order valence-corrected chi connectivity index (χ4v) is 1.89. The molecule has 1 aromatic heterocycles. The molecular weight excluding hydrogens is 296 g/mol. The molecule has 1 heterocycles. The Kier molecular flexibility index (Phi) is 4.84. The first-order chi connectivity index (χ1) is 10.1. The van der Waals surface area contributed by atoms with Gasteiger partial charge >= 0.3 is 5.91 Å². The zero-order valence-corrected chi connectivity index (χ0v) is 11.9. The standard InChI is InChI=1S/C14H13ClN2O4/c1-20-11-5-4-10(15)7-9(11)8-13(18)16-17-14(19)12-3-2-6-21-12/h2-7H,8H2,1H3,(H,16,18)(H,17,19). The van der Waals surface area contributed by atoms with Gasteiger partial charge in [0, 0.05) is 10.6 Å². The molecule has 7 heteroatoms. The maximum atomic E-state index is 11.8. The van der Waals surface area contributed by atoms with Crippen molar-refractivity contribution >= 4 is 23.4 Å². The van der Waals surface area contributed by atoms with Gasteiger partial charge in [0.05, 0.1) is 19.8 Å². The van der Waals surface area contributed by atoms with E-state index < -0.39 is 11.8 Å². The van der Waals surface area contributed by atoms with Crippen LogP contribution in [0.5, 0.6) is 5.75 Å². The Morgan fingerprint density at radius 2 is 2.10 bits per heavy atom. The molecule has 0 spiro atoms. The summed E-state index contributed by atoms with van der Waals surface area (Å²) in [4.78, 5) is 23.4. The van der Waals surface area contributed by atoms with Crippen LogP contribution in [0.2, 0.25) is 5.02 Å². The minimum absolute atomic E-state index is 0.0160. The first-order valence-electron chi connectivity index (χ1n) is 6.05. The lowest BCUT2D eigenvalue weighted by Gasteiger charge is -2.09. The predicted molar refractivity (Wildman–Crippen MR) is 76.0 cm³/mol. The summed E-state index contributed by atoms with van der Waals surface area (Å²) in [5, 5.41) is 0.498. The van der Waals surface area contributed by atoms with Crippen LogP contribution in [0.4, 0.5) is 0 Å². The van der Waals surface area contributed by atoms with E-state index in [0.29, 0.717) is 16.3 Å². The second-order valence-corrected chi connectivity index (χ2v) is 4.55. The molecule has 0 fully saturated rings. The van der Waals surface area contributed by atoms with Crippen molar-refractivity contribution < 1.29 is 18.7 Å². The van der Waals surface area contributed by atoms with Crippen LogP contribution in [0.1, 0.15) is 16.1 Å². The topological polar surface area (TPSA) is 80.6 Å². The average molecular weight is 309 g/mol. The second kappa shape index (κ2) is 6.81. The molecule has 0 aliphatic rings. The molecule has 21 heavy (non-hydrogen) atoms. The first kappa shape index (κ1) is 14.9. The van der Waals surface area contributed by atoms with Crippen LogP contribution < -0.4 is 15.6 Å². The van der Waals surface area contributed by atoms with E-state index in [-0.39, 0.29) is 12.2 Å². The Morgan fingerprint density at radius 3 is 2.76 bits per heavy atom. The van der Waals surface area contributed by atoms with E-state index in [0.717, 1.165) is 0 Å². The van der Waals surface area contributed by atoms with Gasteiger partial charge in [-0.2, -0.15) is 0 Å². The third kappa shape index (κ3) is 4.00. The van der Waals surface area contributed by atoms with Crippen molar-refractivity contribution in [1.82, 2.24) is 10.9 Å². The van der Waals surface area contributed by atoms with E-state index in [1.807, 2.05) is 0 Å². The van der Waals surface area contributed by atoms with Gasteiger partial charge in [-0.1, -0.05) is 11.6 Å². The van der Waals surface area contributed by atoms with Crippen LogP contribution in [0, 0.1) is 0 Å². The van der Waals surface area contributed by atoms with Crippen molar-refractivity contribution in [1.29, 1.82) is 0 Å². The van der Waals surface area contributed by atoms with E-state index >= 15 is 0 Å². The Hall–Kier alpha value is -2.47. The number of methoxy groups -OCH3 is 1. The van der Waals surface area contributed by atoms with Gasteiger partial charge in [-0.05, 0) is 30.3 Å². The number of carbonyl (C=O) groups is 2. The predicted octanol–water partition coefficient (Wildman–Crippen LogP) is 1.95. The number of halogens is 1. The van der Waals surface area contributed by atoms with Crippen molar-refractivity contribution in [2.24, 2.45) is 0 Å². The van der Waals surface area contributed by atoms with E-state index in [2.05, 4.69) is 10.9 Å². The third-order valence-electron chi connectivity index (χ3n) is 2.65. The van der Waals surface area contributed by atoms with Crippen LogP contribution in [-0.2, 0) is 11.2 Å². The van der Waals surface area contributed by atoms with Crippen LogP contribution in [0.25, 0.3) is 0 Å². The van der Waals surface area contributed by atoms with Gasteiger partial charge in [-0.3, -0.25) is 20.4 Å². The zero-order chi connectivity index (χ0) is 15.2. The van der Waals surface area contributed by atoms with Gasteiger partial charge in [0.15, 0.2) is 5.76 Å². The van der Waals surface area contributed by atoms with Crippen LogP contribution in [-0.4, -0.2) is 18.9 Å². The molecule has 0 unspecified atom stereocenters. The van der Waals surface area contributed by atoms with E-state index in [1.165, 1.54) is 19.4 Å². The van der Waals surface area contributed by atoms with Gasteiger partial charge in [-0.15, -0.1) is 0 Å². The summed E-state index contributed by atoms with van der Waals surface area (Å²) in [5.41, 5.74) is 5.16. The molecule has 110 valence electrons. The summed E-state index contributed by atoms with van der Waals surface area (Å²) in [6, 6.07) is 8.04. The first-order valence-corrected chi connectivity index (χ1v) is 6.43. The Balaban J connectivity index is 1.93. The lowest BCUT2D eigenvalue weighted by molar-refractivity contribution is -0.121. The number of benzene rings is 1. The van der Waals surface area contributed by atoms with Gasteiger partial charge in [0.1, 0.15) is 5.75 Å². The number of hydrazine groups is 1. The molecule has 0 bridgehead atoms. The van der Waals surface area contributed by atoms with Gasteiger partial charge < -0.3 is 9.15 Å². The molecule has 2 rings (SSSR count). The molecule has 2 aromatic rings. The van der Waals surface area contributed by atoms with Gasteiger partial charge in [0.25, 0.3) is 0 Å². The number of ether oxygens (including phenoxy) is 1. The lowest BCUT2D eigenvalue weighted by Crippen LogP contribution is -2.42. The number of hydrogen-bond donors (Lipinski definition) is 2. The quantitative estimate of drug-likeness (QED) is 0.846. The Labute approximate surface area is 126 Å². The number of amides is 2. The fourth-order valence-electron chi connectivity index (χ4n) is 1.70. The Bertz CT molecular complexity index is 640. The van der Waals surface area contributed by atoms with Crippen molar-refractivity contribution in [3.05, 3.63) is 52.9 Å². The van der Waals surface area contributed by atoms with E-state index in [1.54, 1.807) is 24.3 Å². The number of furan rings is 1. The van der Waals surface area contributed by atoms with Crippen LogP contribution >= 0.6 is 11.6 Å². The maximum absolute atomic E-state index is 11.8. The van der Waals surface area contributed by atoms with E-state index in [9.17, 15) is 9.59 Å². The van der Waals surface area contributed by atoms with Crippen molar-refractivity contribution in [2.75, 3.05) is 7.11 Å². The summed E-state index contributed by atoms with van der Waals surface area (Å²) in [5.74, 6) is -0.288. The van der Waals surface area contributed by atoms with E-state index in [4.69, 9.17) is 20.8 Å². The zero-order valence-electron chi connectivity index (χ0n) is 11.2. The molecule has 2 N–H and O–H groups in total. The van der Waals surface area contributed by atoms with Gasteiger partial charge in [-0.25, -0.2) is 0 Å². The second-order valence-electron chi connectivity index (χ2n) is 4.11. The summed E-state index contributed by atoms with van der Waals surface area (Å²) < 4.78 is 10.0. The fraction of sp³-hybridized carbons (Fsp3) is 0.143. The largest absolute Gasteiger partial charge is 0.496 e. The third-order valence-corrected chi connectivity index (χ3v) is 2.89. The summed E-state index contributed by atoms with van der Waals surface area (Å²) in [7, 11) is 1.50. The highest BCUT2D eigenvalue weighted by Crippen LogP contribution is 2.22. The summed E-state index contributed by atoms with van der Waals surface area (Å²) in [6.07, 6.45) is 1.38. The smallest absolute Gasteiger partial charge is 0.305 e. The van der Waals surface area contributed by atoms with Crippen molar-refractivity contribution in [3.8, 4) is 5.75 Å². The molecular formula is C14H13ClN2O4. The Morgan fingerprint density at radius 1 is 1.29 bits per heavy atom. The average Bonchev–Trinajstić information content (AvgIpc) is 2.99. The molecule has 1 aromatic carbocycles. The SMILES string of the molecule is COc1ccc(Cl)cc1CC(=O)NNC(=O)c1ccco1. The summed E-state index contributed by atoms with van der Waals surface area (Å²) >= 11 is 5.88. The number of rotatable bonds is 4. The van der Waals surface area contributed by atoms with Crippen LogP contribution in [0.3, 0.4) is 0 Å². The highest BCUT2D eigenvalue weighted by Gasteiger charge is 2.12. The highest BCUT2D eigenvalue weighted by molar-refractivity contribution is 6.30. The normalized spacial score (nSPS) is 10.0. The number of nitrogens with one attached hydrogen (secondary N) is 2. The van der Waals surface area contributed by atoms with Crippen molar-refractivity contribution in [3.63, 3.8) is 0 Å². The molecule has 0 aliphatic heterocycles. The highest BCUT2D eigenvalue weighted by atomic mass is 35.5. The number of hydrogen-bond acceptors (Lipinski definition) is 4. The molecule has 0 aliphatic carbocycles. The molecule has 0 radical (unpaired) electrons. The minimum atomic E-state index is -0.536.